The van der Waals surface area contributed by atoms with Crippen LogP contribution in [0, 0.1) is 5.92 Å². The van der Waals surface area contributed by atoms with Crippen molar-refractivity contribution in [1.82, 2.24) is 4.90 Å². The molecule has 23 heavy (non-hydrogen) atoms. The lowest BCUT2D eigenvalue weighted by Crippen LogP contribution is -2.24. The van der Waals surface area contributed by atoms with Crippen LogP contribution in [0.2, 0.25) is 0 Å². The Bertz CT molecular complexity index is 517. The van der Waals surface area contributed by atoms with E-state index in [-0.39, 0.29) is 0 Å². The Morgan fingerprint density at radius 3 is 2.70 bits per heavy atom. The number of amides is 1. The lowest BCUT2D eigenvalue weighted by atomic mass is 10.0. The molecule has 0 aliphatic heterocycles. The fourth-order valence-electron chi connectivity index (χ4n) is 2.37. The van der Waals surface area contributed by atoms with Crippen LogP contribution in [-0.2, 0) is 4.79 Å². The lowest BCUT2D eigenvalue weighted by Gasteiger charge is -2.21. The number of hydrogen-bond donors (Lipinski definition) is 1. The van der Waals surface area contributed by atoms with Crippen LogP contribution < -0.4 is 0 Å². The molecule has 1 fully saturated rings. The van der Waals surface area contributed by atoms with Gasteiger partial charge >= 0.3 is 0 Å². The van der Waals surface area contributed by atoms with Crippen LogP contribution in [0.1, 0.15) is 32.6 Å². The number of nitrogens with zero attached hydrogens (tertiary/aromatic N) is 1. The zero-order valence-electron chi connectivity index (χ0n) is 13.8. The molecule has 3 nitrogen and oxygen atoms in total. The molecule has 1 N–H and O–H groups in total. The summed E-state index contributed by atoms with van der Waals surface area (Å²) >= 11 is 12.3. The highest BCUT2D eigenvalue weighted by Gasteiger charge is 2.21. The third kappa shape index (κ3) is 6.94. The Kier molecular flexibility index (Phi) is 9.30. The van der Waals surface area contributed by atoms with Gasteiger partial charge in [0.1, 0.15) is 0 Å². The van der Waals surface area contributed by atoms with Gasteiger partial charge < -0.3 is 10.0 Å². The zero-order chi connectivity index (χ0) is 17.2. The van der Waals surface area contributed by atoms with Crippen molar-refractivity contribution in [3.63, 3.8) is 0 Å². The molecular formula is C18H25Cl2NO2. The summed E-state index contributed by atoms with van der Waals surface area (Å²) in [7, 11) is 1.00. The van der Waals surface area contributed by atoms with Crippen LogP contribution in [0.25, 0.3) is 0 Å². The molecule has 0 spiro atoms. The number of carbonyl (C=O) groups is 1. The highest BCUT2D eigenvalue weighted by atomic mass is 35.5. The van der Waals surface area contributed by atoms with E-state index in [1.165, 1.54) is 24.0 Å². The van der Waals surface area contributed by atoms with Gasteiger partial charge in [-0.05, 0) is 50.2 Å². The molecule has 2 rings (SSSR count). The van der Waals surface area contributed by atoms with Gasteiger partial charge in [0.2, 0.25) is 6.41 Å². The number of aliphatic hydroxyl groups is 1. The van der Waals surface area contributed by atoms with E-state index in [9.17, 15) is 4.79 Å². The molecule has 0 saturated heterocycles. The molecule has 0 radical (unpaired) electrons. The van der Waals surface area contributed by atoms with E-state index in [1.807, 2.05) is 12.2 Å². The van der Waals surface area contributed by atoms with E-state index in [2.05, 4.69) is 19.1 Å². The maximum atomic E-state index is 11.3. The van der Waals surface area contributed by atoms with Crippen molar-refractivity contribution in [2.45, 2.75) is 32.6 Å². The number of aliphatic hydroxyl groups excluding tert-OH is 1. The van der Waals surface area contributed by atoms with Crippen LogP contribution in [0.15, 0.2) is 46.2 Å². The maximum absolute atomic E-state index is 11.3. The van der Waals surface area contributed by atoms with E-state index in [4.69, 9.17) is 28.3 Å². The summed E-state index contributed by atoms with van der Waals surface area (Å²) in [5.74, 6) is 0.982. The van der Waals surface area contributed by atoms with Crippen molar-refractivity contribution >= 4 is 29.6 Å². The SMILES string of the molecule is CC1=CC=CC(Cl)=C(CCN(C=O)/C(=C/C2CC2)CCl)C1.CO. The molecule has 0 atom stereocenters. The molecule has 0 unspecified atom stereocenters. The van der Waals surface area contributed by atoms with Crippen LogP contribution in [0.3, 0.4) is 0 Å². The van der Waals surface area contributed by atoms with Crippen molar-refractivity contribution in [1.29, 1.82) is 0 Å². The summed E-state index contributed by atoms with van der Waals surface area (Å²) in [4.78, 5) is 13.1. The predicted molar refractivity (Wildman–Crippen MR) is 97.4 cm³/mol. The van der Waals surface area contributed by atoms with E-state index < -0.39 is 0 Å². The second-order valence-corrected chi connectivity index (χ2v) is 6.35. The molecule has 0 heterocycles. The molecule has 128 valence electrons. The summed E-state index contributed by atoms with van der Waals surface area (Å²) in [6.07, 6.45) is 13.0. The molecule has 0 aromatic carbocycles. The fraction of sp³-hybridized carbons (Fsp3) is 0.500. The smallest absolute Gasteiger partial charge is 0.213 e. The number of carbonyl (C=O) groups excluding carboxylic acids is 1. The van der Waals surface area contributed by atoms with Gasteiger partial charge in [-0.2, -0.15) is 0 Å². The Morgan fingerprint density at radius 1 is 1.43 bits per heavy atom. The second-order valence-electron chi connectivity index (χ2n) is 5.68. The lowest BCUT2D eigenvalue weighted by molar-refractivity contribution is -0.116. The first kappa shape index (κ1) is 20.0. The predicted octanol–water partition coefficient (Wildman–Crippen LogP) is 4.38. The standard InChI is InChI=1S/C17H21Cl2NO.CH4O/c1-13-3-2-4-17(19)15(9-13)7-8-20(12-21)16(11-18)10-14-5-6-14;1-2/h2-4,10,12,14H,5-9,11H2,1H3;2H,1H3/b16-10+;. The largest absolute Gasteiger partial charge is 0.400 e. The third-order valence-electron chi connectivity index (χ3n) is 3.79. The fourth-order valence-corrected chi connectivity index (χ4v) is 2.85. The van der Waals surface area contributed by atoms with E-state index in [0.29, 0.717) is 18.3 Å². The van der Waals surface area contributed by atoms with Crippen LogP contribution in [-0.4, -0.2) is 36.0 Å². The first-order chi connectivity index (χ1) is 11.1. The summed E-state index contributed by atoms with van der Waals surface area (Å²) in [5.41, 5.74) is 3.37. The van der Waals surface area contributed by atoms with E-state index in [0.717, 1.165) is 37.1 Å². The molecule has 0 bridgehead atoms. The summed E-state index contributed by atoms with van der Waals surface area (Å²) in [6.45, 7) is 2.72. The quantitative estimate of drug-likeness (QED) is 0.542. The summed E-state index contributed by atoms with van der Waals surface area (Å²) in [5, 5.41) is 7.78. The van der Waals surface area contributed by atoms with E-state index in [1.54, 1.807) is 4.90 Å². The normalized spacial score (nSPS) is 18.0. The van der Waals surface area contributed by atoms with Gasteiger partial charge in [0, 0.05) is 24.4 Å². The summed E-state index contributed by atoms with van der Waals surface area (Å²) < 4.78 is 0. The minimum Gasteiger partial charge on any atom is -0.400 e. The second kappa shape index (κ2) is 10.7. The van der Waals surface area contributed by atoms with Crippen molar-refractivity contribution in [3.05, 3.63) is 46.2 Å². The topological polar surface area (TPSA) is 40.5 Å². The van der Waals surface area contributed by atoms with Crippen molar-refractivity contribution in [3.8, 4) is 0 Å². The minimum absolute atomic E-state index is 0.376. The number of alkyl halides is 1. The van der Waals surface area contributed by atoms with Gasteiger partial charge in [-0.1, -0.05) is 35.4 Å². The van der Waals surface area contributed by atoms with Gasteiger partial charge in [-0.25, -0.2) is 0 Å². The molecule has 1 amide bonds. The Hall–Kier alpha value is -1.03. The van der Waals surface area contributed by atoms with Crippen LogP contribution >= 0.6 is 23.2 Å². The third-order valence-corrected chi connectivity index (χ3v) is 4.46. The molecule has 2 aliphatic carbocycles. The molecule has 2 aliphatic rings. The Labute approximate surface area is 149 Å². The molecular weight excluding hydrogens is 333 g/mol. The molecule has 0 aromatic rings. The number of hydrogen-bond acceptors (Lipinski definition) is 2. The molecule has 1 saturated carbocycles. The van der Waals surface area contributed by atoms with Gasteiger partial charge in [0.15, 0.2) is 0 Å². The first-order valence-electron chi connectivity index (χ1n) is 7.78. The van der Waals surface area contributed by atoms with Crippen molar-refractivity contribution < 1.29 is 9.90 Å². The monoisotopic (exact) mass is 357 g/mol. The number of rotatable bonds is 7. The Morgan fingerprint density at radius 2 is 2.13 bits per heavy atom. The Balaban J connectivity index is 0.00000127. The van der Waals surface area contributed by atoms with Gasteiger partial charge in [0.25, 0.3) is 0 Å². The number of allylic oxidation sites excluding steroid dienone is 7. The maximum Gasteiger partial charge on any atom is 0.213 e. The highest BCUT2D eigenvalue weighted by molar-refractivity contribution is 6.31. The molecule has 5 heteroatoms. The average Bonchev–Trinajstić information content (AvgIpc) is 3.39. The minimum atomic E-state index is 0.376. The average molecular weight is 358 g/mol. The van der Waals surface area contributed by atoms with Gasteiger partial charge in [0.05, 0.1) is 5.88 Å². The van der Waals surface area contributed by atoms with E-state index >= 15 is 0 Å². The highest BCUT2D eigenvalue weighted by Crippen LogP contribution is 2.32. The molecule has 0 aromatic heterocycles. The number of halogens is 2. The van der Waals surface area contributed by atoms with Crippen molar-refractivity contribution in [2.75, 3.05) is 19.5 Å². The zero-order valence-corrected chi connectivity index (χ0v) is 15.3. The summed E-state index contributed by atoms with van der Waals surface area (Å²) in [6, 6.07) is 0. The van der Waals surface area contributed by atoms with Crippen molar-refractivity contribution in [2.24, 2.45) is 5.92 Å². The first-order valence-corrected chi connectivity index (χ1v) is 8.70. The van der Waals surface area contributed by atoms with Gasteiger partial charge in [-0.3, -0.25) is 4.79 Å². The van der Waals surface area contributed by atoms with Crippen LogP contribution in [0.4, 0.5) is 0 Å². The van der Waals surface area contributed by atoms with Gasteiger partial charge in [-0.15, -0.1) is 11.6 Å². The van der Waals surface area contributed by atoms with Crippen LogP contribution in [0.5, 0.6) is 0 Å².